The third-order valence-electron chi connectivity index (χ3n) is 2.22. The monoisotopic (exact) mass is 193 g/mol. The maximum Gasteiger partial charge on any atom is 0.124 e. The van der Waals surface area contributed by atoms with Crippen molar-refractivity contribution >= 4 is 0 Å². The quantitative estimate of drug-likeness (QED) is 0.730. The number of benzene rings is 1. The zero-order valence-electron chi connectivity index (χ0n) is 9.72. The molecule has 0 fully saturated rings. The van der Waals surface area contributed by atoms with Crippen molar-refractivity contribution in [2.45, 2.75) is 20.4 Å². The molecule has 0 aliphatic heterocycles. The molecular weight excluding hydrogens is 174 g/mol. The molecule has 0 amide bonds. The molecule has 78 valence electrons. The van der Waals surface area contributed by atoms with E-state index >= 15 is 0 Å². The summed E-state index contributed by atoms with van der Waals surface area (Å²) in [4.78, 5) is 2.17. The Morgan fingerprint density at radius 3 is 2.00 bits per heavy atom. The van der Waals surface area contributed by atoms with Gasteiger partial charge in [-0.3, -0.25) is 0 Å². The van der Waals surface area contributed by atoms with E-state index in [1.165, 1.54) is 16.7 Å². The lowest BCUT2D eigenvalue weighted by Gasteiger charge is -2.14. The molecule has 1 aromatic rings. The Morgan fingerprint density at radius 2 is 1.64 bits per heavy atom. The van der Waals surface area contributed by atoms with Gasteiger partial charge in [-0.2, -0.15) is 0 Å². The van der Waals surface area contributed by atoms with Crippen LogP contribution in [0.5, 0.6) is 5.75 Å². The summed E-state index contributed by atoms with van der Waals surface area (Å²) in [5.41, 5.74) is 3.76. The molecule has 0 aliphatic carbocycles. The molecule has 0 aromatic heterocycles. The van der Waals surface area contributed by atoms with Crippen molar-refractivity contribution in [1.29, 1.82) is 0 Å². The molecule has 1 rings (SSSR count). The zero-order chi connectivity index (χ0) is 10.7. The van der Waals surface area contributed by atoms with Crippen LogP contribution >= 0.6 is 0 Å². The summed E-state index contributed by atoms with van der Waals surface area (Å²) in [6, 6.07) is 4.37. The lowest BCUT2D eigenvalue weighted by Crippen LogP contribution is -2.11. The van der Waals surface area contributed by atoms with Crippen LogP contribution in [0, 0.1) is 13.8 Å². The number of hydrogen-bond donors (Lipinski definition) is 0. The summed E-state index contributed by atoms with van der Waals surface area (Å²) < 4.78 is 5.32. The Labute approximate surface area is 86.5 Å². The highest BCUT2D eigenvalue weighted by atomic mass is 16.5. The van der Waals surface area contributed by atoms with Crippen molar-refractivity contribution in [3.63, 3.8) is 0 Å². The van der Waals surface area contributed by atoms with Crippen LogP contribution in [0.3, 0.4) is 0 Å². The number of ether oxygens (including phenoxy) is 1. The molecule has 0 N–H and O–H groups in total. The van der Waals surface area contributed by atoms with Crippen LogP contribution in [0.2, 0.25) is 0 Å². The van der Waals surface area contributed by atoms with Crippen molar-refractivity contribution in [2.75, 3.05) is 21.2 Å². The van der Waals surface area contributed by atoms with E-state index in [2.05, 4.69) is 45.0 Å². The maximum atomic E-state index is 5.32. The predicted octanol–water partition coefficient (Wildman–Crippen LogP) is 2.37. The van der Waals surface area contributed by atoms with Gasteiger partial charge in [0, 0.05) is 6.54 Å². The van der Waals surface area contributed by atoms with Gasteiger partial charge in [0.15, 0.2) is 0 Å². The summed E-state index contributed by atoms with van der Waals surface area (Å²) in [6.45, 7) is 5.15. The minimum atomic E-state index is 0.978. The van der Waals surface area contributed by atoms with E-state index in [1.54, 1.807) is 7.11 Å². The minimum Gasteiger partial charge on any atom is -0.496 e. The number of hydrogen-bond acceptors (Lipinski definition) is 2. The zero-order valence-corrected chi connectivity index (χ0v) is 9.72. The van der Waals surface area contributed by atoms with Crippen molar-refractivity contribution in [3.8, 4) is 5.75 Å². The van der Waals surface area contributed by atoms with Gasteiger partial charge in [0.25, 0.3) is 0 Å². The normalized spacial score (nSPS) is 10.7. The second-order valence-corrected chi connectivity index (χ2v) is 4.00. The van der Waals surface area contributed by atoms with E-state index in [0.717, 1.165) is 12.3 Å². The highest BCUT2D eigenvalue weighted by Crippen LogP contribution is 2.24. The second kappa shape index (κ2) is 4.47. The first-order valence-corrected chi connectivity index (χ1v) is 4.83. The number of nitrogens with zero attached hydrogens (tertiary/aromatic N) is 1. The van der Waals surface area contributed by atoms with Crippen molar-refractivity contribution in [2.24, 2.45) is 0 Å². The van der Waals surface area contributed by atoms with Gasteiger partial charge in [-0.25, -0.2) is 0 Å². The summed E-state index contributed by atoms with van der Waals surface area (Å²) in [5, 5.41) is 0. The molecule has 0 bridgehead atoms. The van der Waals surface area contributed by atoms with E-state index in [0.29, 0.717) is 0 Å². The van der Waals surface area contributed by atoms with Crippen LogP contribution in [-0.4, -0.2) is 26.1 Å². The van der Waals surface area contributed by atoms with Crippen molar-refractivity contribution in [3.05, 3.63) is 28.8 Å². The lowest BCUT2D eigenvalue weighted by atomic mass is 10.1. The van der Waals surface area contributed by atoms with E-state index in [1.807, 2.05) is 0 Å². The Hall–Kier alpha value is -1.02. The molecule has 0 heterocycles. The van der Waals surface area contributed by atoms with Crippen LogP contribution in [0.4, 0.5) is 0 Å². The van der Waals surface area contributed by atoms with Gasteiger partial charge in [0.1, 0.15) is 5.75 Å². The van der Waals surface area contributed by atoms with Gasteiger partial charge in [-0.15, -0.1) is 0 Å². The van der Waals surface area contributed by atoms with Gasteiger partial charge in [0.05, 0.1) is 7.11 Å². The highest BCUT2D eigenvalue weighted by Gasteiger charge is 2.05. The Morgan fingerprint density at radius 1 is 1.14 bits per heavy atom. The van der Waals surface area contributed by atoms with E-state index in [9.17, 15) is 0 Å². The van der Waals surface area contributed by atoms with Crippen LogP contribution in [-0.2, 0) is 6.54 Å². The van der Waals surface area contributed by atoms with Gasteiger partial charge >= 0.3 is 0 Å². The van der Waals surface area contributed by atoms with Gasteiger partial charge in [-0.1, -0.05) is 12.1 Å². The van der Waals surface area contributed by atoms with Crippen molar-refractivity contribution < 1.29 is 4.74 Å². The summed E-state index contributed by atoms with van der Waals surface area (Å²) in [7, 11) is 5.88. The summed E-state index contributed by atoms with van der Waals surface area (Å²) in [6.07, 6.45) is 0. The standard InChI is InChI=1S/C12H19NO/c1-9-6-11(8-13(3)4)7-10(2)12(9)14-5/h6-7H,8H2,1-5H3. The predicted molar refractivity (Wildman–Crippen MR) is 59.9 cm³/mol. The molecule has 0 saturated carbocycles. The fourth-order valence-electron chi connectivity index (χ4n) is 1.82. The number of methoxy groups -OCH3 is 1. The highest BCUT2D eigenvalue weighted by molar-refractivity contribution is 5.43. The first kappa shape index (κ1) is 11.1. The van der Waals surface area contributed by atoms with Crippen LogP contribution < -0.4 is 4.74 Å². The van der Waals surface area contributed by atoms with Crippen molar-refractivity contribution in [1.82, 2.24) is 4.90 Å². The Bertz CT molecular complexity index is 295. The average Bonchev–Trinajstić information content (AvgIpc) is 2.01. The number of rotatable bonds is 3. The molecule has 0 radical (unpaired) electrons. The number of aryl methyl sites for hydroxylation is 2. The minimum absolute atomic E-state index is 0.978. The SMILES string of the molecule is COc1c(C)cc(CN(C)C)cc1C. The Kier molecular flexibility index (Phi) is 3.53. The molecule has 14 heavy (non-hydrogen) atoms. The molecule has 2 nitrogen and oxygen atoms in total. The molecule has 0 aliphatic rings. The molecule has 2 heteroatoms. The van der Waals surface area contributed by atoms with E-state index in [4.69, 9.17) is 4.74 Å². The maximum absolute atomic E-state index is 5.32. The smallest absolute Gasteiger partial charge is 0.124 e. The summed E-state index contributed by atoms with van der Waals surface area (Å²) in [5.74, 6) is 1.01. The molecular formula is C12H19NO. The van der Waals surface area contributed by atoms with Gasteiger partial charge < -0.3 is 9.64 Å². The van der Waals surface area contributed by atoms with Crippen LogP contribution in [0.1, 0.15) is 16.7 Å². The second-order valence-electron chi connectivity index (χ2n) is 4.00. The third-order valence-corrected chi connectivity index (χ3v) is 2.22. The first-order chi connectivity index (χ1) is 6.54. The van der Waals surface area contributed by atoms with E-state index < -0.39 is 0 Å². The lowest BCUT2D eigenvalue weighted by molar-refractivity contribution is 0.397. The summed E-state index contributed by atoms with van der Waals surface area (Å²) >= 11 is 0. The average molecular weight is 193 g/mol. The molecule has 0 saturated heterocycles. The molecule has 1 aromatic carbocycles. The fraction of sp³-hybridized carbons (Fsp3) is 0.500. The van der Waals surface area contributed by atoms with Crippen LogP contribution in [0.15, 0.2) is 12.1 Å². The van der Waals surface area contributed by atoms with Crippen LogP contribution in [0.25, 0.3) is 0 Å². The van der Waals surface area contributed by atoms with Gasteiger partial charge in [0.2, 0.25) is 0 Å². The van der Waals surface area contributed by atoms with E-state index in [-0.39, 0.29) is 0 Å². The van der Waals surface area contributed by atoms with Gasteiger partial charge in [-0.05, 0) is 44.6 Å². The Balaban J connectivity index is 3.01. The molecule has 0 atom stereocenters. The molecule has 0 spiro atoms. The third kappa shape index (κ3) is 2.48. The topological polar surface area (TPSA) is 12.5 Å². The first-order valence-electron chi connectivity index (χ1n) is 4.83. The largest absolute Gasteiger partial charge is 0.496 e. The fourth-order valence-corrected chi connectivity index (χ4v) is 1.82. The molecule has 0 unspecified atom stereocenters.